The summed E-state index contributed by atoms with van der Waals surface area (Å²) >= 11 is 0. The number of benzene rings is 1. The molecule has 0 heterocycles. The SMILES string of the molecule is CC(=O)Nc1ccccc1C1=CC=CC2CC12. The molecule has 1 saturated carbocycles. The quantitative estimate of drug-likeness (QED) is 0.822. The van der Waals surface area contributed by atoms with E-state index in [2.05, 4.69) is 29.6 Å². The molecular formula is C15H15NO. The minimum absolute atomic E-state index is 0.0169. The number of carbonyl (C=O) groups excluding carboxylic acids is 1. The van der Waals surface area contributed by atoms with Crippen LogP contribution < -0.4 is 5.32 Å². The van der Waals surface area contributed by atoms with Crippen molar-refractivity contribution in [3.63, 3.8) is 0 Å². The zero-order chi connectivity index (χ0) is 11.8. The number of anilines is 1. The average Bonchev–Trinajstić information content (AvgIpc) is 3.07. The summed E-state index contributed by atoms with van der Waals surface area (Å²) in [5.41, 5.74) is 3.45. The molecule has 2 atom stereocenters. The molecule has 2 heteroatoms. The van der Waals surface area contributed by atoms with Crippen molar-refractivity contribution >= 4 is 17.2 Å². The lowest BCUT2D eigenvalue weighted by atomic mass is 9.95. The smallest absolute Gasteiger partial charge is 0.221 e. The average molecular weight is 225 g/mol. The summed E-state index contributed by atoms with van der Waals surface area (Å²) in [4.78, 5) is 11.2. The second-order valence-corrected chi connectivity index (χ2v) is 4.74. The Balaban J connectivity index is 1.99. The highest BCUT2D eigenvalue weighted by molar-refractivity contribution is 5.93. The summed E-state index contributed by atoms with van der Waals surface area (Å²) in [5.74, 6) is 1.37. The van der Waals surface area contributed by atoms with Gasteiger partial charge in [-0.25, -0.2) is 0 Å². The monoisotopic (exact) mass is 225 g/mol. The third-order valence-electron chi connectivity index (χ3n) is 3.42. The highest BCUT2D eigenvalue weighted by Gasteiger charge is 2.39. The van der Waals surface area contributed by atoms with Gasteiger partial charge in [-0.1, -0.05) is 36.4 Å². The van der Waals surface area contributed by atoms with Crippen LogP contribution in [0.15, 0.2) is 42.5 Å². The molecule has 0 spiro atoms. The van der Waals surface area contributed by atoms with E-state index in [9.17, 15) is 4.79 Å². The highest BCUT2D eigenvalue weighted by Crippen LogP contribution is 2.52. The summed E-state index contributed by atoms with van der Waals surface area (Å²) < 4.78 is 0. The Hall–Kier alpha value is -1.83. The van der Waals surface area contributed by atoms with Gasteiger partial charge in [-0.05, 0) is 29.9 Å². The third-order valence-corrected chi connectivity index (χ3v) is 3.42. The molecule has 2 unspecified atom stereocenters. The summed E-state index contributed by atoms with van der Waals surface area (Å²) in [6.07, 6.45) is 7.83. The van der Waals surface area contributed by atoms with Crippen LogP contribution in [-0.2, 0) is 4.79 Å². The van der Waals surface area contributed by atoms with Crippen molar-refractivity contribution in [3.8, 4) is 0 Å². The van der Waals surface area contributed by atoms with Crippen LogP contribution in [0.5, 0.6) is 0 Å². The zero-order valence-corrected chi connectivity index (χ0v) is 9.81. The van der Waals surface area contributed by atoms with Gasteiger partial charge in [0.15, 0.2) is 0 Å². The maximum absolute atomic E-state index is 11.2. The molecule has 3 rings (SSSR count). The Kier molecular flexibility index (Phi) is 2.36. The lowest BCUT2D eigenvalue weighted by Crippen LogP contribution is -2.08. The molecule has 1 N–H and O–H groups in total. The highest BCUT2D eigenvalue weighted by atomic mass is 16.1. The first kappa shape index (κ1) is 10.3. The normalized spacial score (nSPS) is 24.9. The molecule has 86 valence electrons. The van der Waals surface area contributed by atoms with Gasteiger partial charge >= 0.3 is 0 Å². The molecule has 0 bridgehead atoms. The predicted molar refractivity (Wildman–Crippen MR) is 69.5 cm³/mol. The minimum atomic E-state index is -0.0169. The third kappa shape index (κ3) is 1.91. The van der Waals surface area contributed by atoms with Crippen molar-refractivity contribution in [1.82, 2.24) is 0 Å². The Morgan fingerprint density at radius 1 is 1.35 bits per heavy atom. The number of nitrogens with one attached hydrogen (secondary N) is 1. The number of hydrogen-bond donors (Lipinski definition) is 1. The molecular weight excluding hydrogens is 210 g/mol. The van der Waals surface area contributed by atoms with E-state index < -0.39 is 0 Å². The number of allylic oxidation sites excluding steroid dienone is 4. The van der Waals surface area contributed by atoms with Gasteiger partial charge in [-0.15, -0.1) is 0 Å². The fourth-order valence-electron chi connectivity index (χ4n) is 2.53. The van der Waals surface area contributed by atoms with Gasteiger partial charge in [0.25, 0.3) is 0 Å². The van der Waals surface area contributed by atoms with Gasteiger partial charge < -0.3 is 5.32 Å². The number of fused-ring (bicyclic) bond motifs is 1. The van der Waals surface area contributed by atoms with Crippen LogP contribution in [0.1, 0.15) is 18.9 Å². The largest absolute Gasteiger partial charge is 0.326 e. The van der Waals surface area contributed by atoms with Crippen LogP contribution >= 0.6 is 0 Å². The van der Waals surface area contributed by atoms with Gasteiger partial charge in [0.2, 0.25) is 5.91 Å². The van der Waals surface area contributed by atoms with Gasteiger partial charge in [0.1, 0.15) is 0 Å². The van der Waals surface area contributed by atoms with Crippen LogP contribution in [0.2, 0.25) is 0 Å². The molecule has 1 fully saturated rings. The molecule has 1 amide bonds. The van der Waals surface area contributed by atoms with E-state index in [4.69, 9.17) is 0 Å². The first-order valence-electron chi connectivity index (χ1n) is 6.01. The van der Waals surface area contributed by atoms with Crippen molar-refractivity contribution in [2.75, 3.05) is 5.32 Å². The minimum Gasteiger partial charge on any atom is -0.326 e. The van der Waals surface area contributed by atoms with Crippen LogP contribution in [0.4, 0.5) is 5.69 Å². The molecule has 0 radical (unpaired) electrons. The first-order valence-corrected chi connectivity index (χ1v) is 6.01. The molecule has 0 aromatic heterocycles. The zero-order valence-electron chi connectivity index (χ0n) is 9.81. The maximum atomic E-state index is 11.2. The molecule has 0 saturated heterocycles. The van der Waals surface area contributed by atoms with Gasteiger partial charge in [0.05, 0.1) is 0 Å². The lowest BCUT2D eigenvalue weighted by Gasteiger charge is -2.14. The van der Waals surface area contributed by atoms with Crippen molar-refractivity contribution in [2.45, 2.75) is 13.3 Å². The number of para-hydroxylation sites is 1. The van der Waals surface area contributed by atoms with E-state index in [0.29, 0.717) is 5.92 Å². The lowest BCUT2D eigenvalue weighted by molar-refractivity contribution is -0.114. The molecule has 1 aromatic carbocycles. The Bertz CT molecular complexity index is 527. The Morgan fingerprint density at radius 2 is 2.18 bits per heavy atom. The van der Waals surface area contributed by atoms with E-state index in [1.54, 1.807) is 6.92 Å². The van der Waals surface area contributed by atoms with E-state index in [-0.39, 0.29) is 5.91 Å². The number of rotatable bonds is 2. The van der Waals surface area contributed by atoms with Crippen molar-refractivity contribution in [1.29, 1.82) is 0 Å². The molecule has 2 aliphatic carbocycles. The fraction of sp³-hybridized carbons (Fsp3) is 0.267. The number of amides is 1. The van der Waals surface area contributed by atoms with Gasteiger partial charge in [-0.2, -0.15) is 0 Å². The van der Waals surface area contributed by atoms with E-state index in [0.717, 1.165) is 11.6 Å². The molecule has 1 aromatic rings. The number of hydrogen-bond acceptors (Lipinski definition) is 1. The van der Waals surface area contributed by atoms with Crippen molar-refractivity contribution < 1.29 is 4.79 Å². The summed E-state index contributed by atoms with van der Waals surface area (Å²) in [6, 6.07) is 8.04. The molecule has 17 heavy (non-hydrogen) atoms. The first-order chi connectivity index (χ1) is 8.25. The van der Waals surface area contributed by atoms with Gasteiger partial charge in [0, 0.05) is 18.2 Å². The maximum Gasteiger partial charge on any atom is 0.221 e. The van der Waals surface area contributed by atoms with Crippen LogP contribution in [0.3, 0.4) is 0 Å². The Labute approximate surface area is 101 Å². The van der Waals surface area contributed by atoms with Crippen LogP contribution in [-0.4, -0.2) is 5.91 Å². The topological polar surface area (TPSA) is 29.1 Å². The molecule has 2 nitrogen and oxygen atoms in total. The second kappa shape index (κ2) is 3.88. The molecule has 2 aliphatic rings. The summed E-state index contributed by atoms with van der Waals surface area (Å²) in [6.45, 7) is 1.55. The Morgan fingerprint density at radius 3 is 3.00 bits per heavy atom. The van der Waals surface area contributed by atoms with Gasteiger partial charge in [-0.3, -0.25) is 4.79 Å². The van der Waals surface area contributed by atoms with Crippen LogP contribution in [0, 0.1) is 11.8 Å². The summed E-state index contributed by atoms with van der Waals surface area (Å²) in [7, 11) is 0. The number of carbonyl (C=O) groups is 1. The van der Waals surface area contributed by atoms with E-state index in [1.807, 2.05) is 18.2 Å². The second-order valence-electron chi connectivity index (χ2n) is 4.74. The van der Waals surface area contributed by atoms with E-state index >= 15 is 0 Å². The van der Waals surface area contributed by atoms with Crippen molar-refractivity contribution in [3.05, 3.63) is 48.1 Å². The predicted octanol–water partition coefficient (Wildman–Crippen LogP) is 3.23. The van der Waals surface area contributed by atoms with Crippen LogP contribution in [0.25, 0.3) is 5.57 Å². The fourth-order valence-corrected chi connectivity index (χ4v) is 2.53. The standard InChI is InChI=1S/C15H15NO/c1-10(17)16-15-8-3-2-6-13(15)12-7-4-5-11-9-14(11)12/h2-8,11,14H,9H2,1H3,(H,16,17). The molecule has 0 aliphatic heterocycles. The van der Waals surface area contributed by atoms with E-state index in [1.165, 1.54) is 17.6 Å². The summed E-state index contributed by atoms with van der Waals surface area (Å²) in [5, 5.41) is 2.91. The van der Waals surface area contributed by atoms with Crippen molar-refractivity contribution in [2.24, 2.45) is 11.8 Å².